The predicted octanol–water partition coefficient (Wildman–Crippen LogP) is 14.3. The number of rotatable bonds is 7. The average molecular weight is 883 g/mol. The van der Waals surface area contributed by atoms with E-state index in [-0.39, 0.29) is 27.6 Å². The molecule has 0 amide bonds. The van der Waals surface area contributed by atoms with Crippen LogP contribution in [0, 0.1) is 6.92 Å². The quantitative estimate of drug-likeness (QED) is 0.151. The van der Waals surface area contributed by atoms with Crippen LogP contribution in [0.1, 0.15) is 105 Å². The third-order valence-corrected chi connectivity index (χ3v) is 10.9. The third-order valence-electron chi connectivity index (χ3n) is 10.9. The summed E-state index contributed by atoms with van der Waals surface area (Å²) in [5, 5.41) is 20.4. The summed E-state index contributed by atoms with van der Waals surface area (Å²) in [6.07, 6.45) is 7.51. The van der Waals surface area contributed by atoms with Gasteiger partial charge in [0.2, 0.25) is 5.75 Å². The average Bonchev–Trinajstić information content (AvgIpc) is 3.38. The number of phenols is 2. The molecule has 5 aromatic carbocycles. The summed E-state index contributed by atoms with van der Waals surface area (Å²) >= 11 is 0. The predicted molar refractivity (Wildman–Crippen MR) is 272 cm³/mol. The highest BCUT2D eigenvalue weighted by Gasteiger charge is 2.17. The molecule has 9 rings (SSSR count). The molecule has 2 aromatic heterocycles. The standard InChI is InChI=1S/C28H27NO3.C20H19NO4.4C2H6/c1-20-10-15-24-25(30)18-26(22-11-13-23(14-12-22)29-16-6-3-7-17-29)32-28(24)27(20)31-19-21-8-4-2-5-9-21;22-16-9-8-15-17(23)12-18(25-20(15)19(16)24)13-4-6-14(7-5-13)21-10-2-1-3-11-21;4*1-2/h2,4-5,8-15,18H,3,6-7,16-17,19H2,1H3;4-9,12,22,24H,1-3,10-11H2;4*1-2H3. The molecule has 0 atom stereocenters. The minimum absolute atomic E-state index is 0.00241. The van der Waals surface area contributed by atoms with E-state index in [2.05, 4.69) is 21.9 Å². The van der Waals surface area contributed by atoms with Gasteiger partial charge in [-0.15, -0.1) is 0 Å². The lowest BCUT2D eigenvalue weighted by molar-refractivity contribution is 0.303. The van der Waals surface area contributed by atoms with Gasteiger partial charge in [-0.05, 0) is 123 Å². The highest BCUT2D eigenvalue weighted by atomic mass is 16.5. The minimum Gasteiger partial charge on any atom is -0.504 e. The van der Waals surface area contributed by atoms with Crippen molar-refractivity contribution in [3.63, 3.8) is 0 Å². The van der Waals surface area contributed by atoms with Gasteiger partial charge in [-0.3, -0.25) is 9.59 Å². The van der Waals surface area contributed by atoms with Gasteiger partial charge in [-0.25, -0.2) is 0 Å². The first-order chi connectivity index (χ1) is 31.8. The highest BCUT2D eigenvalue weighted by molar-refractivity contribution is 5.87. The van der Waals surface area contributed by atoms with Crippen LogP contribution < -0.4 is 25.4 Å². The number of aryl methyl sites for hydroxylation is 1. The van der Waals surface area contributed by atoms with Gasteiger partial charge >= 0.3 is 0 Å². The normalized spacial score (nSPS) is 12.9. The molecule has 2 saturated heterocycles. The maximum Gasteiger partial charge on any atom is 0.201 e. The van der Waals surface area contributed by atoms with E-state index in [4.69, 9.17) is 13.6 Å². The number of benzene rings is 5. The van der Waals surface area contributed by atoms with Crippen LogP contribution in [0.4, 0.5) is 11.4 Å². The molecule has 0 bridgehead atoms. The van der Waals surface area contributed by atoms with Gasteiger partial charge in [0, 0.05) is 60.8 Å². The van der Waals surface area contributed by atoms with E-state index < -0.39 is 5.75 Å². The van der Waals surface area contributed by atoms with Crippen LogP contribution in [0.15, 0.2) is 134 Å². The smallest absolute Gasteiger partial charge is 0.201 e. The van der Waals surface area contributed by atoms with E-state index in [1.165, 1.54) is 62.4 Å². The van der Waals surface area contributed by atoms with Crippen LogP contribution in [-0.2, 0) is 6.61 Å². The Kier molecular flexibility index (Phi) is 20.7. The van der Waals surface area contributed by atoms with Crippen LogP contribution >= 0.6 is 0 Å². The van der Waals surface area contributed by atoms with Gasteiger partial charge in [0.15, 0.2) is 33.5 Å². The summed E-state index contributed by atoms with van der Waals surface area (Å²) in [6, 6.07) is 35.6. The molecule has 2 aliphatic rings. The van der Waals surface area contributed by atoms with Crippen molar-refractivity contribution in [2.24, 2.45) is 0 Å². The summed E-state index contributed by atoms with van der Waals surface area (Å²) < 4.78 is 18.1. The van der Waals surface area contributed by atoms with E-state index in [0.717, 1.165) is 54.1 Å². The van der Waals surface area contributed by atoms with Crippen LogP contribution in [0.2, 0.25) is 0 Å². The lowest BCUT2D eigenvalue weighted by atomic mass is 10.1. The maximum atomic E-state index is 12.9. The third kappa shape index (κ3) is 13.1. The summed E-state index contributed by atoms with van der Waals surface area (Å²) in [7, 11) is 0. The molecular formula is C56H70N2O7. The molecule has 0 spiro atoms. The molecule has 65 heavy (non-hydrogen) atoms. The number of aromatic hydroxyl groups is 2. The highest BCUT2D eigenvalue weighted by Crippen LogP contribution is 2.36. The number of fused-ring (bicyclic) bond motifs is 2. The molecule has 2 N–H and O–H groups in total. The van der Waals surface area contributed by atoms with E-state index in [9.17, 15) is 19.8 Å². The van der Waals surface area contributed by atoms with Crippen molar-refractivity contribution in [2.45, 2.75) is 107 Å². The molecular weight excluding hydrogens is 813 g/mol. The Morgan fingerprint density at radius 3 is 1.43 bits per heavy atom. The van der Waals surface area contributed by atoms with Crippen molar-refractivity contribution in [2.75, 3.05) is 36.0 Å². The number of hydrogen-bond donors (Lipinski definition) is 2. The van der Waals surface area contributed by atoms with E-state index in [1.807, 2.05) is 141 Å². The number of nitrogens with zero attached hydrogens (tertiary/aromatic N) is 2. The van der Waals surface area contributed by atoms with Crippen molar-refractivity contribution in [1.29, 1.82) is 0 Å². The van der Waals surface area contributed by atoms with Gasteiger partial charge < -0.3 is 33.6 Å². The van der Waals surface area contributed by atoms with Crippen LogP contribution in [0.25, 0.3) is 44.6 Å². The fourth-order valence-corrected chi connectivity index (χ4v) is 7.66. The van der Waals surface area contributed by atoms with Crippen molar-refractivity contribution in [1.82, 2.24) is 0 Å². The first kappa shape index (κ1) is 51.2. The molecule has 0 unspecified atom stereocenters. The second kappa shape index (κ2) is 26.3. The topological polar surface area (TPSA) is 117 Å². The zero-order valence-electron chi connectivity index (χ0n) is 40.1. The number of piperidine rings is 2. The maximum absolute atomic E-state index is 12.9. The Labute approximate surface area is 385 Å². The van der Waals surface area contributed by atoms with Crippen molar-refractivity contribution in [3.05, 3.63) is 147 Å². The summed E-state index contributed by atoms with van der Waals surface area (Å²) in [5.41, 5.74) is 6.21. The molecule has 4 heterocycles. The molecule has 7 aromatic rings. The number of phenolic OH excluding ortho intramolecular Hbond substituents is 2. The monoisotopic (exact) mass is 883 g/mol. The lowest BCUT2D eigenvalue weighted by Gasteiger charge is -2.28. The van der Waals surface area contributed by atoms with Crippen molar-refractivity contribution in [3.8, 4) is 39.9 Å². The minimum atomic E-state index is -0.415. The Morgan fingerprint density at radius 1 is 0.523 bits per heavy atom. The van der Waals surface area contributed by atoms with Crippen molar-refractivity contribution >= 4 is 33.3 Å². The summed E-state index contributed by atoms with van der Waals surface area (Å²) in [4.78, 5) is 30.0. The fraction of sp³-hybridized carbons (Fsp3) is 0.357. The van der Waals surface area contributed by atoms with Crippen LogP contribution in [-0.4, -0.2) is 36.4 Å². The van der Waals surface area contributed by atoms with E-state index in [0.29, 0.717) is 34.8 Å². The zero-order valence-corrected chi connectivity index (χ0v) is 40.1. The van der Waals surface area contributed by atoms with Gasteiger partial charge in [0.1, 0.15) is 18.1 Å². The number of ether oxygens (including phenoxy) is 1. The molecule has 2 aliphatic heterocycles. The Hall–Kier alpha value is -6.48. The van der Waals surface area contributed by atoms with Gasteiger partial charge in [0.25, 0.3) is 0 Å². The molecule has 0 saturated carbocycles. The van der Waals surface area contributed by atoms with Gasteiger partial charge in [-0.2, -0.15) is 0 Å². The molecule has 2 fully saturated rings. The molecule has 9 heteroatoms. The van der Waals surface area contributed by atoms with E-state index in [1.54, 1.807) is 6.07 Å². The lowest BCUT2D eigenvalue weighted by Crippen LogP contribution is -2.29. The molecule has 9 nitrogen and oxygen atoms in total. The first-order valence-electron chi connectivity index (χ1n) is 23.8. The SMILES string of the molecule is CC.CC.CC.CC.Cc1ccc2c(=O)cc(-c3ccc(N4CCCCC4)cc3)oc2c1OCc1ccccc1.O=c1cc(-c2ccc(N3CCCCC3)cc2)oc2c(O)c(O)ccc12. The second-order valence-corrected chi connectivity index (χ2v) is 14.8. The van der Waals surface area contributed by atoms with E-state index >= 15 is 0 Å². The van der Waals surface area contributed by atoms with Gasteiger partial charge in [-0.1, -0.05) is 91.8 Å². The van der Waals surface area contributed by atoms with Crippen LogP contribution in [0.3, 0.4) is 0 Å². The zero-order chi connectivity index (χ0) is 47.3. The summed E-state index contributed by atoms with van der Waals surface area (Å²) in [5.74, 6) is 0.816. The Bertz CT molecular complexity index is 2610. The number of hydrogen-bond acceptors (Lipinski definition) is 9. The van der Waals surface area contributed by atoms with Gasteiger partial charge in [0.05, 0.1) is 10.8 Å². The second-order valence-electron chi connectivity index (χ2n) is 14.8. The summed E-state index contributed by atoms with van der Waals surface area (Å²) in [6.45, 7) is 22.7. The molecule has 0 aliphatic carbocycles. The van der Waals surface area contributed by atoms with Crippen molar-refractivity contribution < 1.29 is 23.8 Å². The fourth-order valence-electron chi connectivity index (χ4n) is 7.66. The molecule has 0 radical (unpaired) electrons. The first-order valence-corrected chi connectivity index (χ1v) is 23.8. The largest absolute Gasteiger partial charge is 0.504 e. The Balaban J connectivity index is 0.000000252. The molecule has 346 valence electrons. The number of anilines is 2. The Morgan fingerprint density at radius 2 is 0.954 bits per heavy atom. The van der Waals surface area contributed by atoms with Crippen LogP contribution in [0.5, 0.6) is 17.2 Å².